The highest BCUT2D eigenvalue weighted by atomic mass is 35.5. The molecular formula is C23H27ClN6O4. The van der Waals surface area contributed by atoms with Gasteiger partial charge in [-0.25, -0.2) is 9.59 Å². The first-order valence-electron chi connectivity index (χ1n) is 11.3. The van der Waals surface area contributed by atoms with E-state index in [0.29, 0.717) is 30.8 Å². The number of nitrogens with zero attached hydrogens (tertiary/aromatic N) is 5. The van der Waals surface area contributed by atoms with Gasteiger partial charge in [0.25, 0.3) is 5.56 Å². The number of aromatic nitrogens is 6. The summed E-state index contributed by atoms with van der Waals surface area (Å²) in [5.41, 5.74) is 0.342. The highest BCUT2D eigenvalue weighted by molar-refractivity contribution is 6.28. The Kier molecular flexibility index (Phi) is 6.78. The summed E-state index contributed by atoms with van der Waals surface area (Å²) in [5.74, 6) is -0.0959. The summed E-state index contributed by atoms with van der Waals surface area (Å²) in [6.07, 6.45) is 2.58. The van der Waals surface area contributed by atoms with Crippen molar-refractivity contribution in [2.75, 3.05) is 0 Å². The maximum absolute atomic E-state index is 13.0. The van der Waals surface area contributed by atoms with Gasteiger partial charge in [0.2, 0.25) is 11.2 Å². The molecule has 0 aliphatic carbocycles. The van der Waals surface area contributed by atoms with E-state index in [-0.39, 0.29) is 41.1 Å². The minimum absolute atomic E-state index is 0.0580. The van der Waals surface area contributed by atoms with Crippen molar-refractivity contribution in [1.29, 1.82) is 0 Å². The number of H-pyrrole nitrogens is 1. The SMILES string of the molecule is CCCCn1c(=O)n(CCCCn2c(O)c(C)n(-c3ccccc3)c2=O)c(=O)c2[nH]c(Cl)nc21. The van der Waals surface area contributed by atoms with Gasteiger partial charge in [0, 0.05) is 19.6 Å². The third kappa shape index (κ3) is 4.21. The number of halogens is 1. The number of hydrogen-bond acceptors (Lipinski definition) is 5. The van der Waals surface area contributed by atoms with Crippen LogP contribution in [0.1, 0.15) is 38.3 Å². The molecule has 0 aliphatic rings. The summed E-state index contributed by atoms with van der Waals surface area (Å²) in [5, 5.41) is 10.6. The van der Waals surface area contributed by atoms with Crippen LogP contribution >= 0.6 is 11.6 Å². The number of aryl methyl sites for hydroxylation is 1. The molecule has 34 heavy (non-hydrogen) atoms. The van der Waals surface area contributed by atoms with Crippen LogP contribution in [0.2, 0.25) is 5.28 Å². The van der Waals surface area contributed by atoms with Crippen LogP contribution in [0.15, 0.2) is 44.7 Å². The molecule has 0 saturated heterocycles. The van der Waals surface area contributed by atoms with Crippen LogP contribution < -0.4 is 16.9 Å². The van der Waals surface area contributed by atoms with Gasteiger partial charge in [-0.3, -0.25) is 23.1 Å². The fourth-order valence-corrected chi connectivity index (χ4v) is 4.30. The molecule has 0 amide bonds. The zero-order valence-electron chi connectivity index (χ0n) is 19.1. The Labute approximate surface area is 199 Å². The number of unbranched alkanes of at least 4 members (excludes halogenated alkanes) is 2. The van der Waals surface area contributed by atoms with Crippen molar-refractivity contribution in [3.8, 4) is 11.6 Å². The molecule has 0 unspecified atom stereocenters. The Hall–Kier alpha value is -3.53. The fraction of sp³-hybridized carbons (Fsp3) is 0.391. The van der Waals surface area contributed by atoms with Gasteiger partial charge in [0.15, 0.2) is 11.2 Å². The van der Waals surface area contributed by atoms with Crippen LogP contribution in [0.3, 0.4) is 0 Å². The maximum Gasteiger partial charge on any atom is 0.335 e. The average Bonchev–Trinajstić information content (AvgIpc) is 3.31. The van der Waals surface area contributed by atoms with Gasteiger partial charge < -0.3 is 10.1 Å². The lowest BCUT2D eigenvalue weighted by molar-refractivity contribution is 0.400. The lowest BCUT2D eigenvalue weighted by Crippen LogP contribution is -2.40. The second kappa shape index (κ2) is 9.76. The van der Waals surface area contributed by atoms with Crippen LogP contribution in [0.25, 0.3) is 16.9 Å². The van der Waals surface area contributed by atoms with Crippen LogP contribution in [-0.2, 0) is 19.6 Å². The van der Waals surface area contributed by atoms with Gasteiger partial charge in [0.05, 0.1) is 11.4 Å². The van der Waals surface area contributed by atoms with Crippen molar-refractivity contribution in [2.24, 2.45) is 0 Å². The fourth-order valence-electron chi connectivity index (χ4n) is 4.13. The maximum atomic E-state index is 13.0. The molecule has 0 spiro atoms. The van der Waals surface area contributed by atoms with Crippen LogP contribution in [-0.4, -0.2) is 33.3 Å². The molecule has 10 nitrogen and oxygen atoms in total. The second-order valence-corrected chi connectivity index (χ2v) is 8.55. The van der Waals surface area contributed by atoms with Gasteiger partial charge in [-0.1, -0.05) is 31.5 Å². The van der Waals surface area contributed by atoms with E-state index in [0.717, 1.165) is 12.8 Å². The Bertz CT molecular complexity index is 1490. The smallest absolute Gasteiger partial charge is 0.335 e. The molecule has 3 aromatic heterocycles. The zero-order chi connectivity index (χ0) is 24.4. The molecule has 2 N–H and O–H groups in total. The molecule has 4 rings (SSSR count). The molecule has 0 bridgehead atoms. The predicted octanol–water partition coefficient (Wildman–Crippen LogP) is 2.79. The molecule has 4 aromatic rings. The molecule has 1 aromatic carbocycles. The normalized spacial score (nSPS) is 11.5. The Morgan fingerprint density at radius 3 is 2.26 bits per heavy atom. The summed E-state index contributed by atoms with van der Waals surface area (Å²) in [6, 6.07) is 9.10. The Morgan fingerprint density at radius 2 is 1.59 bits per heavy atom. The van der Waals surface area contributed by atoms with Crippen LogP contribution in [0.5, 0.6) is 5.88 Å². The summed E-state index contributed by atoms with van der Waals surface area (Å²) < 4.78 is 5.42. The quantitative estimate of drug-likeness (QED) is 0.278. The van der Waals surface area contributed by atoms with Crippen molar-refractivity contribution in [2.45, 2.75) is 59.2 Å². The summed E-state index contributed by atoms with van der Waals surface area (Å²) in [7, 11) is 0. The second-order valence-electron chi connectivity index (χ2n) is 8.19. The van der Waals surface area contributed by atoms with E-state index >= 15 is 0 Å². The van der Waals surface area contributed by atoms with Crippen molar-refractivity contribution in [1.82, 2.24) is 28.2 Å². The van der Waals surface area contributed by atoms with Crippen molar-refractivity contribution in [3.63, 3.8) is 0 Å². The molecule has 0 radical (unpaired) electrons. The summed E-state index contributed by atoms with van der Waals surface area (Å²) in [4.78, 5) is 45.7. The Balaban J connectivity index is 1.55. The third-order valence-corrected chi connectivity index (χ3v) is 6.11. The number of nitrogens with one attached hydrogen (secondary N) is 1. The number of imidazole rings is 2. The molecule has 0 atom stereocenters. The van der Waals surface area contributed by atoms with Crippen molar-refractivity contribution < 1.29 is 5.11 Å². The van der Waals surface area contributed by atoms with Crippen LogP contribution in [0, 0.1) is 6.92 Å². The number of para-hydroxylation sites is 1. The first-order chi connectivity index (χ1) is 16.3. The number of rotatable bonds is 9. The topological polar surface area (TPSA) is 120 Å². The van der Waals surface area contributed by atoms with Gasteiger partial charge in [0.1, 0.15) is 0 Å². The first kappa shape index (κ1) is 23.6. The number of benzene rings is 1. The molecule has 11 heteroatoms. The highest BCUT2D eigenvalue weighted by Crippen LogP contribution is 2.19. The van der Waals surface area contributed by atoms with Gasteiger partial charge >= 0.3 is 11.4 Å². The zero-order valence-corrected chi connectivity index (χ0v) is 19.9. The molecule has 0 fully saturated rings. The third-order valence-electron chi connectivity index (χ3n) is 5.93. The van der Waals surface area contributed by atoms with E-state index in [1.54, 1.807) is 19.1 Å². The molecule has 180 valence electrons. The standard InChI is InChI=1S/C23H27ClN6O4/c1-3-4-12-27-18-17(25-21(24)26-18)20(32)29(22(27)33)14-9-8-13-28-19(31)15(2)30(23(28)34)16-10-6-5-7-11-16/h5-7,10-11,31H,3-4,8-9,12-14H2,1-2H3,(H,25,26). The summed E-state index contributed by atoms with van der Waals surface area (Å²) >= 11 is 5.96. The molecular weight excluding hydrogens is 460 g/mol. The minimum atomic E-state index is -0.474. The first-order valence-corrected chi connectivity index (χ1v) is 11.7. The van der Waals surface area contributed by atoms with Crippen molar-refractivity contribution in [3.05, 3.63) is 72.6 Å². The van der Waals surface area contributed by atoms with Crippen molar-refractivity contribution >= 4 is 22.8 Å². The largest absolute Gasteiger partial charge is 0.493 e. The lowest BCUT2D eigenvalue weighted by atomic mass is 10.3. The monoisotopic (exact) mass is 486 g/mol. The highest BCUT2D eigenvalue weighted by Gasteiger charge is 2.18. The average molecular weight is 487 g/mol. The van der Waals surface area contributed by atoms with E-state index in [4.69, 9.17) is 11.6 Å². The van der Waals surface area contributed by atoms with Gasteiger partial charge in [-0.2, -0.15) is 4.98 Å². The summed E-state index contributed by atoms with van der Waals surface area (Å²) in [6.45, 7) is 4.55. The number of aromatic amines is 1. The van der Waals surface area contributed by atoms with E-state index in [1.165, 1.54) is 18.3 Å². The minimum Gasteiger partial charge on any atom is -0.493 e. The van der Waals surface area contributed by atoms with Gasteiger partial charge in [-0.15, -0.1) is 0 Å². The number of aromatic hydroxyl groups is 1. The van der Waals surface area contributed by atoms with Crippen LogP contribution in [0.4, 0.5) is 0 Å². The molecule has 0 saturated carbocycles. The van der Waals surface area contributed by atoms with E-state index in [2.05, 4.69) is 9.97 Å². The molecule has 3 heterocycles. The predicted molar refractivity (Wildman–Crippen MR) is 130 cm³/mol. The van der Waals surface area contributed by atoms with E-state index in [9.17, 15) is 19.5 Å². The van der Waals surface area contributed by atoms with E-state index in [1.807, 2.05) is 25.1 Å². The van der Waals surface area contributed by atoms with E-state index < -0.39 is 11.2 Å². The molecule has 0 aliphatic heterocycles. The Morgan fingerprint density at radius 1 is 0.941 bits per heavy atom. The van der Waals surface area contributed by atoms with Gasteiger partial charge in [-0.05, 0) is 49.9 Å². The lowest BCUT2D eigenvalue weighted by Gasteiger charge is -2.11. The number of fused-ring (bicyclic) bond motifs is 1. The number of hydrogen-bond donors (Lipinski definition) is 2.